The molecule has 0 aliphatic heterocycles. The van der Waals surface area contributed by atoms with E-state index in [1.54, 1.807) is 0 Å². The summed E-state index contributed by atoms with van der Waals surface area (Å²) in [6.45, 7) is 4.53. The van der Waals surface area contributed by atoms with Crippen LogP contribution >= 0.6 is 11.8 Å². The van der Waals surface area contributed by atoms with Crippen LogP contribution in [0.1, 0.15) is 46.0 Å². The van der Waals surface area contributed by atoms with Gasteiger partial charge in [-0.3, -0.25) is 0 Å². The molecule has 1 fully saturated rings. The smallest absolute Gasteiger partial charge is 0.00842 e. The van der Waals surface area contributed by atoms with E-state index in [2.05, 4.69) is 19.2 Å². The molecule has 0 bridgehead atoms. The zero-order valence-corrected chi connectivity index (χ0v) is 11.0. The van der Waals surface area contributed by atoms with Crippen LogP contribution in [-0.2, 0) is 0 Å². The van der Waals surface area contributed by atoms with Crippen molar-refractivity contribution in [2.45, 2.75) is 64.1 Å². The molecule has 0 aromatic carbocycles. The number of thioether (sulfide) groups is 1. The van der Waals surface area contributed by atoms with Gasteiger partial charge in [0.05, 0.1) is 0 Å². The van der Waals surface area contributed by atoms with Gasteiger partial charge < -0.3 is 11.1 Å². The van der Waals surface area contributed by atoms with E-state index in [1.165, 1.54) is 43.6 Å². The van der Waals surface area contributed by atoms with Crippen LogP contribution in [-0.4, -0.2) is 29.6 Å². The molecule has 3 heteroatoms. The number of nitrogens with one attached hydrogen (secondary N) is 1. The van der Waals surface area contributed by atoms with Crippen LogP contribution < -0.4 is 11.1 Å². The number of nitrogens with two attached hydrogens (primary N) is 1. The van der Waals surface area contributed by atoms with Crippen LogP contribution in [0.5, 0.6) is 0 Å². The van der Waals surface area contributed by atoms with Crippen molar-refractivity contribution < 1.29 is 0 Å². The maximum atomic E-state index is 5.98. The zero-order valence-electron chi connectivity index (χ0n) is 10.2. The van der Waals surface area contributed by atoms with E-state index < -0.39 is 0 Å². The topological polar surface area (TPSA) is 38.0 Å². The summed E-state index contributed by atoms with van der Waals surface area (Å²) in [5.41, 5.74) is 5.98. The highest BCUT2D eigenvalue weighted by Crippen LogP contribution is 2.18. The molecule has 0 spiro atoms. The standard InChI is InChI=1S/C12H26N2S/c1-3-15-8-7-10(2)14-12-6-4-5-11(13)9-12/h10-12,14H,3-9,13H2,1-2H3. The third kappa shape index (κ3) is 5.79. The minimum atomic E-state index is 0.438. The Kier molecular flexibility index (Phi) is 6.69. The highest BCUT2D eigenvalue weighted by molar-refractivity contribution is 7.99. The zero-order chi connectivity index (χ0) is 11.1. The Morgan fingerprint density at radius 2 is 2.27 bits per heavy atom. The first-order valence-corrected chi connectivity index (χ1v) is 7.47. The van der Waals surface area contributed by atoms with Crippen molar-refractivity contribution in [3.63, 3.8) is 0 Å². The third-order valence-corrected chi connectivity index (χ3v) is 4.07. The highest BCUT2D eigenvalue weighted by atomic mass is 32.2. The summed E-state index contributed by atoms with van der Waals surface area (Å²) in [6.07, 6.45) is 6.29. The van der Waals surface area contributed by atoms with Gasteiger partial charge in [-0.2, -0.15) is 11.8 Å². The minimum absolute atomic E-state index is 0.438. The van der Waals surface area contributed by atoms with Crippen molar-refractivity contribution in [2.75, 3.05) is 11.5 Å². The van der Waals surface area contributed by atoms with Crippen LogP contribution in [0.15, 0.2) is 0 Å². The molecule has 0 radical (unpaired) electrons. The van der Waals surface area contributed by atoms with E-state index >= 15 is 0 Å². The van der Waals surface area contributed by atoms with Crippen molar-refractivity contribution >= 4 is 11.8 Å². The quantitative estimate of drug-likeness (QED) is 0.688. The Morgan fingerprint density at radius 3 is 2.93 bits per heavy atom. The van der Waals surface area contributed by atoms with Gasteiger partial charge in [0, 0.05) is 18.1 Å². The molecule has 0 heterocycles. The largest absolute Gasteiger partial charge is 0.328 e. The summed E-state index contributed by atoms with van der Waals surface area (Å²) in [7, 11) is 0. The fourth-order valence-electron chi connectivity index (χ4n) is 2.27. The second-order valence-corrected chi connectivity index (χ2v) is 6.07. The van der Waals surface area contributed by atoms with Gasteiger partial charge in [0.15, 0.2) is 0 Å². The molecule has 15 heavy (non-hydrogen) atoms. The molecule has 1 aliphatic carbocycles. The van der Waals surface area contributed by atoms with Crippen molar-refractivity contribution in [1.82, 2.24) is 5.32 Å². The van der Waals surface area contributed by atoms with Crippen LogP contribution in [0.25, 0.3) is 0 Å². The number of hydrogen-bond acceptors (Lipinski definition) is 3. The molecule has 0 aromatic heterocycles. The lowest BCUT2D eigenvalue weighted by Crippen LogP contribution is -2.43. The number of rotatable bonds is 6. The molecule has 0 aromatic rings. The summed E-state index contributed by atoms with van der Waals surface area (Å²) in [6, 6.07) is 1.77. The van der Waals surface area contributed by atoms with E-state index in [9.17, 15) is 0 Å². The molecular formula is C12H26N2S. The normalized spacial score (nSPS) is 29.0. The lowest BCUT2D eigenvalue weighted by Gasteiger charge is -2.30. The molecule has 3 N–H and O–H groups in total. The minimum Gasteiger partial charge on any atom is -0.328 e. The first-order valence-electron chi connectivity index (χ1n) is 6.31. The van der Waals surface area contributed by atoms with Crippen molar-refractivity contribution in [2.24, 2.45) is 5.73 Å². The first kappa shape index (κ1) is 13.3. The monoisotopic (exact) mass is 230 g/mol. The Bertz CT molecular complexity index is 164. The lowest BCUT2D eigenvalue weighted by atomic mass is 9.91. The molecule has 3 atom stereocenters. The van der Waals surface area contributed by atoms with Gasteiger partial charge in [-0.15, -0.1) is 0 Å². The van der Waals surface area contributed by atoms with Gasteiger partial charge in [0.1, 0.15) is 0 Å². The summed E-state index contributed by atoms with van der Waals surface area (Å²) >= 11 is 2.03. The Morgan fingerprint density at radius 1 is 1.47 bits per heavy atom. The molecule has 0 saturated heterocycles. The van der Waals surface area contributed by atoms with Crippen LogP contribution in [0.4, 0.5) is 0 Å². The highest BCUT2D eigenvalue weighted by Gasteiger charge is 2.19. The van der Waals surface area contributed by atoms with E-state index in [4.69, 9.17) is 5.73 Å². The Hall–Kier alpha value is 0.270. The second kappa shape index (κ2) is 7.53. The van der Waals surface area contributed by atoms with E-state index in [0.717, 1.165) is 0 Å². The first-order chi connectivity index (χ1) is 7.22. The molecule has 0 amide bonds. The lowest BCUT2D eigenvalue weighted by molar-refractivity contribution is 0.315. The molecule has 1 aliphatic rings. The van der Waals surface area contributed by atoms with Crippen LogP contribution in [0.2, 0.25) is 0 Å². The van der Waals surface area contributed by atoms with Gasteiger partial charge >= 0.3 is 0 Å². The molecule has 90 valence electrons. The van der Waals surface area contributed by atoms with Crippen molar-refractivity contribution in [3.8, 4) is 0 Å². The van der Waals surface area contributed by atoms with Crippen molar-refractivity contribution in [1.29, 1.82) is 0 Å². The molecular weight excluding hydrogens is 204 g/mol. The third-order valence-electron chi connectivity index (χ3n) is 3.13. The predicted molar refractivity (Wildman–Crippen MR) is 70.4 cm³/mol. The molecule has 1 rings (SSSR count). The van der Waals surface area contributed by atoms with E-state index in [-0.39, 0.29) is 0 Å². The average molecular weight is 230 g/mol. The molecule has 1 saturated carbocycles. The fourth-order valence-corrected chi connectivity index (χ4v) is 3.08. The molecule has 3 unspecified atom stereocenters. The summed E-state index contributed by atoms with van der Waals surface area (Å²) in [5.74, 6) is 2.52. The van der Waals surface area contributed by atoms with Gasteiger partial charge in [0.2, 0.25) is 0 Å². The predicted octanol–water partition coefficient (Wildman–Crippen LogP) is 2.38. The van der Waals surface area contributed by atoms with Gasteiger partial charge in [0.25, 0.3) is 0 Å². The van der Waals surface area contributed by atoms with E-state index in [1.807, 2.05) is 11.8 Å². The average Bonchev–Trinajstić information content (AvgIpc) is 2.18. The maximum Gasteiger partial charge on any atom is 0.00842 e. The Labute approximate surface area is 98.8 Å². The van der Waals surface area contributed by atoms with E-state index in [0.29, 0.717) is 18.1 Å². The molecule has 2 nitrogen and oxygen atoms in total. The maximum absolute atomic E-state index is 5.98. The van der Waals surface area contributed by atoms with Gasteiger partial charge in [-0.25, -0.2) is 0 Å². The SMILES string of the molecule is CCSCCC(C)NC1CCCC(N)C1. The summed E-state index contributed by atoms with van der Waals surface area (Å²) in [4.78, 5) is 0. The van der Waals surface area contributed by atoms with Gasteiger partial charge in [-0.1, -0.05) is 13.3 Å². The van der Waals surface area contributed by atoms with Gasteiger partial charge in [-0.05, 0) is 44.1 Å². The summed E-state index contributed by atoms with van der Waals surface area (Å²) in [5, 5.41) is 3.71. The number of hydrogen-bond donors (Lipinski definition) is 2. The van der Waals surface area contributed by atoms with Crippen LogP contribution in [0, 0.1) is 0 Å². The van der Waals surface area contributed by atoms with Crippen LogP contribution in [0.3, 0.4) is 0 Å². The summed E-state index contributed by atoms with van der Waals surface area (Å²) < 4.78 is 0. The van der Waals surface area contributed by atoms with Crippen molar-refractivity contribution in [3.05, 3.63) is 0 Å². The second-order valence-electron chi connectivity index (χ2n) is 4.68. The fraction of sp³-hybridized carbons (Fsp3) is 1.00. The Balaban J connectivity index is 2.10.